The number of hydrogen-bond acceptors (Lipinski definition) is 5. The van der Waals surface area contributed by atoms with Gasteiger partial charge >= 0.3 is 0 Å². The van der Waals surface area contributed by atoms with Crippen LogP contribution in [0.15, 0.2) is 90.3 Å². The van der Waals surface area contributed by atoms with E-state index < -0.39 is 10.1 Å². The lowest BCUT2D eigenvalue weighted by Crippen LogP contribution is -2.29. The second kappa shape index (κ2) is 10.1. The molecule has 0 fully saturated rings. The zero-order chi connectivity index (χ0) is 27.1. The van der Waals surface area contributed by atoms with Crippen LogP contribution in [0, 0.1) is 0 Å². The molecular weight excluding hydrogens is 528 g/mol. The molecule has 0 amide bonds. The highest BCUT2D eigenvalue weighted by molar-refractivity contribution is 7.85. The Morgan fingerprint density at radius 2 is 1.69 bits per heavy atom. The topological polar surface area (TPSA) is 70.7 Å². The third kappa shape index (κ3) is 4.91. The van der Waals surface area contributed by atoms with Gasteiger partial charge in [-0.15, -0.1) is 0 Å². The Kier molecular flexibility index (Phi) is 6.62. The molecule has 4 aromatic carbocycles. The summed E-state index contributed by atoms with van der Waals surface area (Å²) in [4.78, 5) is 2.03. The van der Waals surface area contributed by atoms with Crippen LogP contribution < -0.4 is 14.2 Å². The maximum atomic E-state index is 11.4. The molecule has 0 saturated carbocycles. The van der Waals surface area contributed by atoms with E-state index in [1.165, 1.54) is 21.0 Å². The van der Waals surface area contributed by atoms with Crippen molar-refractivity contribution in [2.45, 2.75) is 19.8 Å². The molecule has 8 heteroatoms. The Labute approximate surface area is 231 Å². The van der Waals surface area contributed by atoms with Gasteiger partial charge in [-0.25, -0.2) is 0 Å². The minimum absolute atomic E-state index is 0.270. The normalized spacial score (nSPS) is 15.0. The predicted molar refractivity (Wildman–Crippen MR) is 160 cm³/mol. The third-order valence-electron chi connectivity index (χ3n) is 7.17. The molecule has 0 radical (unpaired) electrons. The Hall–Kier alpha value is -3.72. The number of anilines is 1. The maximum Gasteiger partial charge on any atom is 0.264 e. The fourth-order valence-electron chi connectivity index (χ4n) is 5.25. The molecule has 2 heterocycles. The molecule has 0 saturated heterocycles. The van der Waals surface area contributed by atoms with E-state index in [1.54, 1.807) is 11.3 Å². The maximum absolute atomic E-state index is 11.4. The van der Waals surface area contributed by atoms with E-state index in [2.05, 4.69) is 67.1 Å². The van der Waals surface area contributed by atoms with Gasteiger partial charge in [-0.2, -0.15) is 13.0 Å². The molecule has 0 spiro atoms. The van der Waals surface area contributed by atoms with Crippen LogP contribution in [-0.4, -0.2) is 25.3 Å². The zero-order valence-corrected chi connectivity index (χ0v) is 23.4. The number of fused-ring (bicyclic) bond motifs is 6. The van der Waals surface area contributed by atoms with Crippen molar-refractivity contribution in [3.8, 4) is 5.75 Å². The van der Waals surface area contributed by atoms with Gasteiger partial charge in [-0.1, -0.05) is 72.9 Å². The fraction of sp³-hybridized carbons (Fsp3) is 0.194. The first-order chi connectivity index (χ1) is 18.8. The van der Waals surface area contributed by atoms with Crippen LogP contribution in [0.4, 0.5) is 5.69 Å². The summed E-state index contributed by atoms with van der Waals surface area (Å²) >= 11 is 1.76. The Morgan fingerprint density at radius 1 is 1.00 bits per heavy atom. The molecule has 198 valence electrons. The average Bonchev–Trinajstić information content (AvgIpc) is 3.44. The summed E-state index contributed by atoms with van der Waals surface area (Å²) in [6.07, 6.45) is 5.31. The molecule has 1 aliphatic heterocycles. The highest BCUT2D eigenvalue weighted by atomic mass is 32.2. The van der Waals surface area contributed by atoms with Gasteiger partial charge < -0.3 is 9.64 Å². The summed E-state index contributed by atoms with van der Waals surface area (Å²) in [6, 6.07) is 24.9. The molecule has 1 aromatic heterocycles. The van der Waals surface area contributed by atoms with Crippen molar-refractivity contribution in [3.05, 3.63) is 95.3 Å². The van der Waals surface area contributed by atoms with Gasteiger partial charge in [0, 0.05) is 24.1 Å². The molecule has 0 aliphatic carbocycles. The lowest BCUT2D eigenvalue weighted by Gasteiger charge is -2.19. The van der Waals surface area contributed by atoms with Gasteiger partial charge in [0.05, 0.1) is 16.8 Å². The summed E-state index contributed by atoms with van der Waals surface area (Å²) in [7, 11) is -1.95. The highest BCUT2D eigenvalue weighted by Gasteiger charge is 2.29. The second-order valence-corrected chi connectivity index (χ2v) is 12.3. The van der Waals surface area contributed by atoms with E-state index in [1.807, 2.05) is 41.3 Å². The molecule has 5 aromatic rings. The van der Waals surface area contributed by atoms with Gasteiger partial charge in [0.25, 0.3) is 15.1 Å². The van der Waals surface area contributed by atoms with Crippen LogP contribution in [-0.2, 0) is 17.2 Å². The number of aryl methyl sites for hydroxylation is 1. The largest absolute Gasteiger partial charge is 0.439 e. The van der Waals surface area contributed by atoms with Crippen molar-refractivity contribution in [1.82, 2.24) is 0 Å². The van der Waals surface area contributed by atoms with Crippen molar-refractivity contribution in [1.29, 1.82) is 0 Å². The molecule has 0 atom stereocenters. The van der Waals surface area contributed by atoms with Crippen molar-refractivity contribution in [3.63, 3.8) is 0 Å². The second-order valence-electron chi connectivity index (χ2n) is 9.71. The quantitative estimate of drug-likeness (QED) is 0.175. The predicted octanol–water partition coefficient (Wildman–Crippen LogP) is 6.84. The minimum Gasteiger partial charge on any atom is -0.439 e. The lowest BCUT2D eigenvalue weighted by atomic mass is 10.1. The van der Waals surface area contributed by atoms with Crippen LogP contribution in [0.2, 0.25) is 0 Å². The summed E-state index contributed by atoms with van der Waals surface area (Å²) < 4.78 is 42.0. The monoisotopic (exact) mass is 557 g/mol. The van der Waals surface area contributed by atoms with Gasteiger partial charge in [0.2, 0.25) is 11.4 Å². The summed E-state index contributed by atoms with van der Waals surface area (Å²) in [5.41, 5.74) is 3.23. The number of rotatable bonds is 7. The van der Waals surface area contributed by atoms with Crippen molar-refractivity contribution >= 4 is 65.0 Å². The SMILES string of the molecule is CCC(/C=C1\Oc2ccc3ccccc3c2N1CCCS(=O)(=O)O)=C\c1sc2ccc3ccccc3c2[n+]1C. The molecule has 1 aliphatic rings. The Bertz CT molecular complexity index is 1900. The fourth-order valence-corrected chi connectivity index (χ4v) is 6.89. The molecule has 6 nitrogen and oxygen atoms in total. The number of thiazole rings is 1. The van der Waals surface area contributed by atoms with Gasteiger partial charge in [-0.05, 0) is 47.4 Å². The van der Waals surface area contributed by atoms with E-state index in [4.69, 9.17) is 4.74 Å². The van der Waals surface area contributed by atoms with Crippen LogP contribution in [0.25, 0.3) is 37.8 Å². The van der Waals surface area contributed by atoms with Crippen molar-refractivity contribution in [2.24, 2.45) is 7.05 Å². The Balaban J connectivity index is 1.42. The number of benzene rings is 4. The molecule has 0 bridgehead atoms. The van der Waals surface area contributed by atoms with Crippen LogP contribution in [0.1, 0.15) is 24.8 Å². The first kappa shape index (κ1) is 25.6. The standard InChI is InChI=1S/C31H28N2O4S2/c1-3-21(20-29-32(2)31-25-12-7-5-10-23(25)14-16-27(31)38-29)19-28-33(17-8-18-39(34,35)36)30-24-11-6-4-9-22(24)13-15-26(30)37-28/h4-7,9-16,19-20H,3,8,17-18H2,1-2H3/p+1. The summed E-state index contributed by atoms with van der Waals surface area (Å²) in [5, 5.41) is 5.70. The van der Waals surface area contributed by atoms with Crippen molar-refractivity contribution in [2.75, 3.05) is 17.2 Å². The third-order valence-corrected chi connectivity index (χ3v) is 9.12. The molecule has 1 N–H and O–H groups in total. The average molecular weight is 558 g/mol. The van der Waals surface area contributed by atoms with Gasteiger partial charge in [0.1, 0.15) is 11.7 Å². The first-order valence-corrected chi connectivity index (χ1v) is 15.4. The van der Waals surface area contributed by atoms with E-state index in [-0.39, 0.29) is 12.2 Å². The molecule has 39 heavy (non-hydrogen) atoms. The van der Waals surface area contributed by atoms with E-state index in [9.17, 15) is 13.0 Å². The van der Waals surface area contributed by atoms with Gasteiger partial charge in [0.15, 0.2) is 5.75 Å². The lowest BCUT2D eigenvalue weighted by molar-refractivity contribution is -0.641. The molecule has 0 unspecified atom stereocenters. The van der Waals surface area contributed by atoms with E-state index in [0.29, 0.717) is 12.4 Å². The summed E-state index contributed by atoms with van der Waals surface area (Å²) in [6.45, 7) is 2.51. The number of aromatic nitrogens is 1. The van der Waals surface area contributed by atoms with Crippen LogP contribution >= 0.6 is 11.3 Å². The number of hydrogen-bond donors (Lipinski definition) is 1. The smallest absolute Gasteiger partial charge is 0.264 e. The number of ether oxygens (including phenoxy) is 1. The van der Waals surface area contributed by atoms with Crippen LogP contribution in [0.5, 0.6) is 5.75 Å². The molecular formula is C31H29N2O4S2+. The summed E-state index contributed by atoms with van der Waals surface area (Å²) in [5.74, 6) is 1.08. The van der Waals surface area contributed by atoms with E-state index >= 15 is 0 Å². The van der Waals surface area contributed by atoms with E-state index in [0.717, 1.165) is 39.2 Å². The van der Waals surface area contributed by atoms with Crippen LogP contribution in [0.3, 0.4) is 0 Å². The Morgan fingerprint density at radius 3 is 2.44 bits per heavy atom. The van der Waals surface area contributed by atoms with Gasteiger partial charge in [-0.3, -0.25) is 4.55 Å². The minimum atomic E-state index is -4.05. The first-order valence-electron chi connectivity index (χ1n) is 13.0. The zero-order valence-electron chi connectivity index (χ0n) is 21.8. The molecule has 6 rings (SSSR count). The highest BCUT2D eigenvalue weighted by Crippen LogP contribution is 2.44. The number of nitrogens with zero attached hydrogens (tertiary/aromatic N) is 2. The van der Waals surface area contributed by atoms with Crippen molar-refractivity contribution < 1.29 is 22.3 Å². The number of allylic oxidation sites excluding steroid dienone is 2.